The molecule has 0 saturated carbocycles. The van der Waals surface area contributed by atoms with Gasteiger partial charge in [-0.25, -0.2) is 0 Å². The van der Waals surface area contributed by atoms with E-state index in [0.29, 0.717) is 0 Å². The molecule has 0 aliphatic carbocycles. The summed E-state index contributed by atoms with van der Waals surface area (Å²) in [5, 5.41) is 31.5. The van der Waals surface area contributed by atoms with E-state index in [-0.39, 0.29) is 51.3 Å². The Balaban J connectivity index is 0.000000563. The third kappa shape index (κ3) is 12.5. The number of benzene rings is 3. The molecule has 40 heavy (non-hydrogen) atoms. The van der Waals surface area contributed by atoms with Gasteiger partial charge in [0.15, 0.2) is 0 Å². The molecule has 0 heterocycles. The molecule has 0 atom stereocenters. The van der Waals surface area contributed by atoms with Crippen LogP contribution in [0.1, 0.15) is 51.8 Å². The summed E-state index contributed by atoms with van der Waals surface area (Å²) in [6.07, 6.45) is 0. The number of carboxylic acids is 3. The minimum absolute atomic E-state index is 0. The third-order valence-electron chi connectivity index (χ3n) is 4.08. The predicted octanol–water partition coefficient (Wildman–Crippen LogP) is -0.0763. The van der Waals surface area contributed by atoms with Gasteiger partial charge in [0.25, 0.3) is 0 Å². The van der Waals surface area contributed by atoms with E-state index in [9.17, 15) is 44.1 Å². The van der Waals surface area contributed by atoms with E-state index in [4.69, 9.17) is 0 Å². The van der Waals surface area contributed by atoms with Crippen LogP contribution in [0.3, 0.4) is 0 Å². The smallest absolute Gasteiger partial charge is 0.545 e. The Morgan fingerprint density at radius 1 is 0.450 bits per heavy atom. The maximum absolute atomic E-state index is 10.6. The van der Waals surface area contributed by atoms with Gasteiger partial charge >= 0.3 is 35.3 Å². The van der Waals surface area contributed by atoms with Crippen molar-refractivity contribution in [1.29, 1.82) is 0 Å². The molecule has 0 aliphatic heterocycles. The van der Waals surface area contributed by atoms with Crippen molar-refractivity contribution in [3.63, 3.8) is 0 Å². The molecular weight excluding hydrogens is 568 g/mol. The molecule has 0 saturated heterocycles. The van der Waals surface area contributed by atoms with Gasteiger partial charge in [0.1, 0.15) is 17.2 Å². The van der Waals surface area contributed by atoms with Crippen molar-refractivity contribution in [3.8, 4) is 17.2 Å². The van der Waals surface area contributed by atoms with Gasteiger partial charge in [-0.15, -0.1) is 0 Å². The zero-order valence-corrected chi connectivity index (χ0v) is 22.5. The van der Waals surface area contributed by atoms with E-state index >= 15 is 0 Å². The summed E-state index contributed by atoms with van der Waals surface area (Å²) in [5.41, 5.74) is -0.381. The van der Waals surface area contributed by atoms with Crippen LogP contribution in [0.25, 0.3) is 0 Å². The van der Waals surface area contributed by atoms with Crippen LogP contribution in [-0.2, 0) is 31.7 Å². The van der Waals surface area contributed by atoms with Gasteiger partial charge < -0.3 is 43.9 Å². The summed E-state index contributed by atoms with van der Waals surface area (Å²) in [5.74, 6) is -5.75. The van der Waals surface area contributed by atoms with Gasteiger partial charge in [0.2, 0.25) is 0 Å². The second-order valence-electron chi connectivity index (χ2n) is 7.13. The van der Waals surface area contributed by atoms with Crippen molar-refractivity contribution < 1.29 is 75.7 Å². The van der Waals surface area contributed by atoms with E-state index in [1.54, 1.807) is 18.2 Å². The van der Waals surface area contributed by atoms with Crippen LogP contribution in [0.2, 0.25) is 0 Å². The Labute approximate surface area is 238 Å². The average molecular weight is 589 g/mol. The minimum atomic E-state index is -1.36. The van der Waals surface area contributed by atoms with Crippen molar-refractivity contribution in [2.24, 2.45) is 0 Å². The molecule has 0 amide bonds. The predicted molar refractivity (Wildman–Crippen MR) is 126 cm³/mol. The molecular formula is C27H21CrO12. The molecule has 3 rings (SSSR count). The number of hydrogen-bond acceptors (Lipinski definition) is 12. The van der Waals surface area contributed by atoms with Gasteiger partial charge in [-0.3, -0.25) is 14.4 Å². The van der Waals surface area contributed by atoms with Gasteiger partial charge in [-0.2, -0.15) is 0 Å². The first-order valence-electron chi connectivity index (χ1n) is 10.8. The van der Waals surface area contributed by atoms with Crippen LogP contribution in [0.4, 0.5) is 0 Å². The van der Waals surface area contributed by atoms with E-state index in [0.717, 1.165) is 0 Å². The molecule has 12 nitrogen and oxygen atoms in total. The Bertz CT molecular complexity index is 1200. The van der Waals surface area contributed by atoms with Gasteiger partial charge in [0.05, 0.1) is 17.9 Å². The fraction of sp³-hybridized carbons (Fsp3) is 0.111. The van der Waals surface area contributed by atoms with Crippen molar-refractivity contribution in [3.05, 3.63) is 89.5 Å². The van der Waals surface area contributed by atoms with Gasteiger partial charge in [-0.1, -0.05) is 36.4 Å². The average Bonchev–Trinajstić information content (AvgIpc) is 2.84. The second-order valence-corrected chi connectivity index (χ2v) is 7.13. The van der Waals surface area contributed by atoms with E-state index < -0.39 is 35.8 Å². The number of aromatic carboxylic acids is 3. The summed E-state index contributed by atoms with van der Waals surface area (Å²) in [4.78, 5) is 63.2. The maximum Gasteiger partial charge on any atom is 3.00 e. The first kappa shape index (κ1) is 35.0. The molecule has 0 aliphatic rings. The molecule has 0 bridgehead atoms. The van der Waals surface area contributed by atoms with Crippen molar-refractivity contribution in [2.45, 2.75) is 20.8 Å². The molecule has 0 fully saturated rings. The molecule has 0 spiro atoms. The first-order chi connectivity index (χ1) is 18.3. The molecule has 1 radical (unpaired) electrons. The zero-order valence-electron chi connectivity index (χ0n) is 21.2. The van der Waals surface area contributed by atoms with E-state index in [1.165, 1.54) is 75.4 Å². The number of carbonyl (C=O) groups excluding carboxylic acids is 6. The van der Waals surface area contributed by atoms with Crippen LogP contribution in [0, 0.1) is 0 Å². The van der Waals surface area contributed by atoms with Crippen molar-refractivity contribution in [1.82, 2.24) is 0 Å². The molecule has 3 aromatic carbocycles. The number of hydrogen-bond donors (Lipinski definition) is 0. The van der Waals surface area contributed by atoms with Crippen LogP contribution >= 0.6 is 0 Å². The van der Waals surface area contributed by atoms with Crippen LogP contribution in [0.5, 0.6) is 17.2 Å². The van der Waals surface area contributed by atoms with Crippen LogP contribution in [-0.4, -0.2) is 35.8 Å². The molecule has 0 N–H and O–H groups in total. The number of carbonyl (C=O) groups is 6. The summed E-state index contributed by atoms with van der Waals surface area (Å²) in [6.45, 7) is 3.60. The summed E-state index contributed by atoms with van der Waals surface area (Å²) in [6, 6.07) is 17.4. The molecule has 0 unspecified atom stereocenters. The normalized spacial score (nSPS) is 9.07. The third-order valence-corrected chi connectivity index (χ3v) is 4.08. The van der Waals surface area contributed by atoms with Gasteiger partial charge in [0, 0.05) is 37.5 Å². The molecule has 207 valence electrons. The van der Waals surface area contributed by atoms with Crippen LogP contribution < -0.4 is 29.5 Å². The van der Waals surface area contributed by atoms with Crippen molar-refractivity contribution >= 4 is 35.8 Å². The standard InChI is InChI=1S/3C9H8O4.Cr/c3*1-6(10)13-8-5-3-2-4-7(8)9(11)12;/h3*2-5H,1H3,(H,11,12);/q;;;+3/p-3. The van der Waals surface area contributed by atoms with Crippen LogP contribution in [0.15, 0.2) is 72.8 Å². The quantitative estimate of drug-likeness (QED) is 0.274. The second kappa shape index (κ2) is 17.5. The Hall–Kier alpha value is -4.99. The Morgan fingerprint density at radius 3 is 0.825 bits per heavy atom. The monoisotopic (exact) mass is 589 g/mol. The van der Waals surface area contributed by atoms with Crippen molar-refractivity contribution in [2.75, 3.05) is 0 Å². The number of para-hydroxylation sites is 3. The molecule has 0 aromatic heterocycles. The number of ether oxygens (including phenoxy) is 3. The largest absolute Gasteiger partial charge is 3.00 e. The number of esters is 3. The van der Waals surface area contributed by atoms with E-state index in [2.05, 4.69) is 14.2 Å². The van der Waals surface area contributed by atoms with Gasteiger partial charge in [-0.05, 0) is 36.4 Å². The summed E-state index contributed by atoms with van der Waals surface area (Å²) >= 11 is 0. The zero-order chi connectivity index (χ0) is 29.5. The number of carboxylic acid groups (broad SMARTS) is 3. The Morgan fingerprint density at radius 2 is 0.650 bits per heavy atom. The maximum atomic E-state index is 10.6. The molecule has 3 aromatic rings. The Kier molecular flexibility index (Phi) is 15.3. The topological polar surface area (TPSA) is 199 Å². The summed E-state index contributed by atoms with van der Waals surface area (Å²) in [7, 11) is 0. The molecule has 13 heteroatoms. The fourth-order valence-corrected chi connectivity index (χ4v) is 2.64. The summed E-state index contributed by atoms with van der Waals surface area (Å²) < 4.78 is 13.9. The first-order valence-corrected chi connectivity index (χ1v) is 10.8. The minimum Gasteiger partial charge on any atom is -0.545 e. The fourth-order valence-electron chi connectivity index (χ4n) is 2.64. The number of rotatable bonds is 6. The SMILES string of the molecule is CC(=O)Oc1ccccc1C(=O)[O-].CC(=O)Oc1ccccc1C(=O)[O-].CC(=O)Oc1ccccc1C(=O)[O-].[Cr+3]. The van der Waals surface area contributed by atoms with E-state index in [1.807, 2.05) is 0 Å².